The average molecular weight is 334 g/mol. The molecule has 2 aromatic carbocycles. The fourth-order valence-electron chi connectivity index (χ4n) is 1.98. The largest absolute Gasteiger partial charge is 0.366 e. The highest BCUT2D eigenvalue weighted by atomic mass is 32.2. The molecule has 0 unspecified atom stereocenters. The van der Waals surface area contributed by atoms with Crippen LogP contribution in [0.25, 0.3) is 11.0 Å². The Bertz CT molecular complexity index is 966. The van der Waals surface area contributed by atoms with Gasteiger partial charge in [0.1, 0.15) is 15.9 Å². The smallest absolute Gasteiger partial charge is 0.264 e. The Kier molecular flexibility index (Phi) is 3.51. The van der Waals surface area contributed by atoms with Gasteiger partial charge < -0.3 is 5.73 Å². The first-order valence-corrected chi connectivity index (χ1v) is 8.33. The van der Waals surface area contributed by atoms with Crippen molar-refractivity contribution in [2.45, 2.75) is 4.90 Å². The van der Waals surface area contributed by atoms with E-state index in [0.717, 1.165) is 11.7 Å². The number of hydrogen-bond acceptors (Lipinski definition) is 6. The zero-order chi connectivity index (χ0) is 15.7. The molecule has 3 N–H and O–H groups in total. The summed E-state index contributed by atoms with van der Waals surface area (Å²) < 4.78 is 35.5. The second-order valence-corrected chi connectivity index (χ2v) is 6.58. The first-order chi connectivity index (χ1) is 10.5. The van der Waals surface area contributed by atoms with Crippen LogP contribution < -0.4 is 10.5 Å². The van der Waals surface area contributed by atoms with E-state index in [2.05, 4.69) is 13.5 Å². The number of primary amides is 1. The molecule has 0 aliphatic carbocycles. The summed E-state index contributed by atoms with van der Waals surface area (Å²) >= 11 is 0.931. The topological polar surface area (TPSA) is 115 Å². The molecule has 0 bridgehead atoms. The van der Waals surface area contributed by atoms with Crippen molar-refractivity contribution in [2.75, 3.05) is 4.72 Å². The summed E-state index contributed by atoms with van der Waals surface area (Å²) in [6.07, 6.45) is 0. The first-order valence-electron chi connectivity index (χ1n) is 6.12. The highest BCUT2D eigenvalue weighted by molar-refractivity contribution is 7.93. The average Bonchev–Trinajstić information content (AvgIpc) is 2.95. The van der Waals surface area contributed by atoms with E-state index in [1.807, 2.05) is 0 Å². The van der Waals surface area contributed by atoms with E-state index in [-0.39, 0.29) is 21.7 Å². The number of para-hydroxylation sites is 1. The first kappa shape index (κ1) is 14.4. The minimum Gasteiger partial charge on any atom is -0.366 e. The molecular weight excluding hydrogens is 324 g/mol. The van der Waals surface area contributed by atoms with Crippen LogP contribution in [0.5, 0.6) is 0 Å². The number of fused-ring (bicyclic) bond motifs is 1. The van der Waals surface area contributed by atoms with Crippen molar-refractivity contribution >= 4 is 44.4 Å². The van der Waals surface area contributed by atoms with Crippen LogP contribution in [0.15, 0.2) is 47.4 Å². The summed E-state index contributed by atoms with van der Waals surface area (Å²) in [6.45, 7) is 0. The fourth-order valence-corrected chi connectivity index (χ4v) is 3.83. The molecule has 0 aliphatic heterocycles. The quantitative estimate of drug-likeness (QED) is 0.752. The lowest BCUT2D eigenvalue weighted by Crippen LogP contribution is -2.18. The van der Waals surface area contributed by atoms with Crippen LogP contribution in [0.4, 0.5) is 5.69 Å². The van der Waals surface area contributed by atoms with Gasteiger partial charge in [0.15, 0.2) is 0 Å². The zero-order valence-electron chi connectivity index (χ0n) is 11.1. The van der Waals surface area contributed by atoms with Gasteiger partial charge in [0.25, 0.3) is 15.9 Å². The standard InChI is InChI=1S/C13H10N4O3S2/c14-13(18)8-4-1-2-5-9(8)17-22(19,20)11-7-3-6-10-12(11)16-21-15-10/h1-7,17H,(H2,14,18). The number of nitrogens with one attached hydrogen (secondary N) is 1. The Morgan fingerprint density at radius 3 is 2.64 bits per heavy atom. The third-order valence-electron chi connectivity index (χ3n) is 2.98. The molecule has 3 aromatic rings. The van der Waals surface area contributed by atoms with Gasteiger partial charge in [-0.1, -0.05) is 18.2 Å². The molecule has 1 heterocycles. The molecule has 0 atom stereocenters. The third-order valence-corrected chi connectivity index (χ3v) is 4.92. The van der Waals surface area contributed by atoms with E-state index in [0.29, 0.717) is 5.52 Å². The molecule has 22 heavy (non-hydrogen) atoms. The van der Waals surface area contributed by atoms with Crippen molar-refractivity contribution in [2.24, 2.45) is 5.73 Å². The van der Waals surface area contributed by atoms with Crippen molar-refractivity contribution in [3.05, 3.63) is 48.0 Å². The summed E-state index contributed by atoms with van der Waals surface area (Å²) in [5, 5.41) is 0. The number of carbonyl (C=O) groups excluding carboxylic acids is 1. The number of benzene rings is 2. The maximum Gasteiger partial charge on any atom is 0.264 e. The third kappa shape index (κ3) is 2.51. The summed E-state index contributed by atoms with van der Waals surface area (Å²) in [7, 11) is -3.92. The van der Waals surface area contributed by atoms with Crippen molar-refractivity contribution in [1.82, 2.24) is 8.75 Å². The second-order valence-electron chi connectivity index (χ2n) is 4.40. The lowest BCUT2D eigenvalue weighted by Gasteiger charge is -2.10. The van der Waals surface area contributed by atoms with E-state index in [1.165, 1.54) is 18.2 Å². The van der Waals surface area contributed by atoms with Gasteiger partial charge in [-0.05, 0) is 24.3 Å². The van der Waals surface area contributed by atoms with Crippen LogP contribution in [0.1, 0.15) is 10.4 Å². The molecule has 7 nitrogen and oxygen atoms in total. The van der Waals surface area contributed by atoms with Gasteiger partial charge in [0, 0.05) is 0 Å². The Morgan fingerprint density at radius 1 is 1.09 bits per heavy atom. The van der Waals surface area contributed by atoms with Crippen molar-refractivity contribution in [3.8, 4) is 0 Å². The minimum atomic E-state index is -3.92. The molecule has 0 spiro atoms. The summed E-state index contributed by atoms with van der Waals surface area (Å²) in [5.41, 5.74) is 6.25. The van der Waals surface area contributed by atoms with Crippen LogP contribution in [-0.2, 0) is 10.0 Å². The molecule has 0 fully saturated rings. The summed E-state index contributed by atoms with van der Waals surface area (Å²) in [4.78, 5) is 11.4. The van der Waals surface area contributed by atoms with Crippen LogP contribution >= 0.6 is 11.7 Å². The molecule has 0 saturated heterocycles. The maximum absolute atomic E-state index is 12.6. The predicted molar refractivity (Wildman–Crippen MR) is 83.2 cm³/mol. The lowest BCUT2D eigenvalue weighted by molar-refractivity contribution is 0.100. The molecule has 0 saturated carbocycles. The number of nitrogens with zero attached hydrogens (tertiary/aromatic N) is 2. The number of anilines is 1. The number of hydrogen-bond donors (Lipinski definition) is 2. The molecule has 3 rings (SSSR count). The fraction of sp³-hybridized carbons (Fsp3) is 0. The van der Waals surface area contributed by atoms with Gasteiger partial charge in [0.2, 0.25) is 0 Å². The van der Waals surface area contributed by atoms with Gasteiger partial charge in [0.05, 0.1) is 23.0 Å². The van der Waals surface area contributed by atoms with Gasteiger partial charge in [-0.2, -0.15) is 8.75 Å². The number of aromatic nitrogens is 2. The Balaban J connectivity index is 2.09. The van der Waals surface area contributed by atoms with Crippen LogP contribution in [0.2, 0.25) is 0 Å². The Labute approximate surface area is 130 Å². The zero-order valence-corrected chi connectivity index (χ0v) is 12.7. The van der Waals surface area contributed by atoms with Crippen LogP contribution in [-0.4, -0.2) is 23.1 Å². The van der Waals surface area contributed by atoms with Crippen LogP contribution in [0, 0.1) is 0 Å². The van der Waals surface area contributed by atoms with Crippen molar-refractivity contribution < 1.29 is 13.2 Å². The van der Waals surface area contributed by atoms with E-state index >= 15 is 0 Å². The monoisotopic (exact) mass is 334 g/mol. The van der Waals surface area contributed by atoms with Gasteiger partial charge in [-0.15, -0.1) is 0 Å². The summed E-state index contributed by atoms with van der Waals surface area (Å²) in [5.74, 6) is -0.716. The molecular formula is C13H10N4O3S2. The highest BCUT2D eigenvalue weighted by Gasteiger charge is 2.21. The lowest BCUT2D eigenvalue weighted by atomic mass is 10.2. The van der Waals surface area contributed by atoms with Gasteiger partial charge >= 0.3 is 0 Å². The van der Waals surface area contributed by atoms with E-state index < -0.39 is 15.9 Å². The number of sulfonamides is 1. The molecule has 1 aromatic heterocycles. The normalized spacial score (nSPS) is 11.5. The number of nitrogens with two attached hydrogens (primary N) is 1. The molecule has 0 aliphatic rings. The van der Waals surface area contributed by atoms with E-state index in [1.54, 1.807) is 24.3 Å². The number of amides is 1. The molecule has 1 amide bonds. The highest BCUT2D eigenvalue weighted by Crippen LogP contribution is 2.24. The maximum atomic E-state index is 12.6. The van der Waals surface area contributed by atoms with Gasteiger partial charge in [-0.3, -0.25) is 9.52 Å². The SMILES string of the molecule is NC(=O)c1ccccc1NS(=O)(=O)c1cccc2nsnc12. The Morgan fingerprint density at radius 2 is 1.86 bits per heavy atom. The molecule has 112 valence electrons. The molecule has 0 radical (unpaired) electrons. The summed E-state index contributed by atoms with van der Waals surface area (Å²) in [6, 6.07) is 10.8. The molecule has 9 heteroatoms. The van der Waals surface area contributed by atoms with E-state index in [9.17, 15) is 13.2 Å². The number of rotatable bonds is 4. The van der Waals surface area contributed by atoms with Crippen LogP contribution in [0.3, 0.4) is 0 Å². The van der Waals surface area contributed by atoms with E-state index in [4.69, 9.17) is 5.73 Å². The second kappa shape index (κ2) is 5.35. The Hall–Kier alpha value is -2.52. The predicted octanol–water partition coefficient (Wildman–Crippen LogP) is 1.59. The van der Waals surface area contributed by atoms with Crippen molar-refractivity contribution in [3.63, 3.8) is 0 Å². The van der Waals surface area contributed by atoms with Gasteiger partial charge in [-0.25, -0.2) is 8.42 Å². The minimum absolute atomic E-state index is 0.00183. The van der Waals surface area contributed by atoms with Crippen molar-refractivity contribution in [1.29, 1.82) is 0 Å². The number of carbonyl (C=O) groups is 1.